The molecule has 0 amide bonds. The molecule has 49 heavy (non-hydrogen) atoms. The van der Waals surface area contributed by atoms with Crippen molar-refractivity contribution in [1.29, 1.82) is 10.5 Å². The van der Waals surface area contributed by atoms with Crippen LogP contribution in [0.15, 0.2) is 58.9 Å². The van der Waals surface area contributed by atoms with Gasteiger partial charge in [0.1, 0.15) is 58.8 Å². The third-order valence-corrected chi connectivity index (χ3v) is 8.93. The molecule has 0 radical (unpaired) electrons. The van der Waals surface area contributed by atoms with Crippen LogP contribution in [0.1, 0.15) is 37.6 Å². The van der Waals surface area contributed by atoms with Crippen LogP contribution in [0, 0.1) is 22.7 Å². The zero-order valence-corrected chi connectivity index (χ0v) is 30.1. The van der Waals surface area contributed by atoms with E-state index in [0.29, 0.717) is 69.0 Å². The van der Waals surface area contributed by atoms with Crippen molar-refractivity contribution in [2.75, 3.05) is 44.8 Å². The smallest absolute Gasteiger partial charge is 0.320 e. The van der Waals surface area contributed by atoms with Crippen molar-refractivity contribution >= 4 is 52.8 Å². The average Bonchev–Trinajstić information content (AvgIpc) is 3.59. The lowest BCUT2D eigenvalue weighted by atomic mass is 9.96. The molecule has 2 aromatic heterocycles. The number of benzene rings is 2. The Labute approximate surface area is 300 Å². The van der Waals surface area contributed by atoms with Crippen LogP contribution in [0.2, 0.25) is 5.02 Å². The van der Waals surface area contributed by atoms with E-state index in [0.717, 1.165) is 16.3 Å². The van der Waals surface area contributed by atoms with Crippen molar-refractivity contribution in [2.45, 2.75) is 37.6 Å². The maximum Gasteiger partial charge on any atom is 0.320 e. The molecule has 0 saturated heterocycles. The van der Waals surface area contributed by atoms with E-state index in [1.54, 1.807) is 37.4 Å². The summed E-state index contributed by atoms with van der Waals surface area (Å²) in [5, 5.41) is 27.5. The number of hydrogen-bond acceptors (Lipinski definition) is 13. The first-order valence-electron chi connectivity index (χ1n) is 15.4. The minimum atomic E-state index is -0.355. The number of aromatic nitrogens is 2. The van der Waals surface area contributed by atoms with E-state index in [1.165, 1.54) is 11.8 Å². The summed E-state index contributed by atoms with van der Waals surface area (Å²) >= 11 is 9.00. The number of hydrogen-bond donors (Lipinski definition) is 2. The number of thioether (sulfide) groups is 1. The maximum atomic E-state index is 11.5. The van der Waals surface area contributed by atoms with Crippen LogP contribution >= 0.6 is 34.7 Å². The molecule has 256 valence electrons. The molecule has 4 rings (SSSR count). The number of rotatable bonds is 15. The van der Waals surface area contributed by atoms with E-state index in [-0.39, 0.29) is 31.8 Å². The highest BCUT2D eigenvalue weighted by atomic mass is 35.5. The summed E-state index contributed by atoms with van der Waals surface area (Å²) in [6, 6.07) is 19.1. The lowest BCUT2D eigenvalue weighted by molar-refractivity contribution is -0.143. The molecule has 11 nitrogen and oxygen atoms in total. The number of carbonyl (C=O) groups is 2. The second-order valence-electron chi connectivity index (χ2n) is 10.3. The second-order valence-corrected chi connectivity index (χ2v) is 12.6. The monoisotopic (exact) mass is 719 g/mol. The number of anilines is 1. The summed E-state index contributed by atoms with van der Waals surface area (Å²) in [5.41, 5.74) is 8.68. The van der Waals surface area contributed by atoms with Gasteiger partial charge in [0.25, 0.3) is 0 Å². The SMILES string of the molecule is CCN(CC)c1nc(SCc2csc(-c3ccc(Cl)cc3)n2)c(C#N)c(-c2ccc(OCCOC(=O)CNC)cc2)c1C#N.C[C@H](N)C=O. The molecule has 0 spiro atoms. The molecule has 0 aliphatic carbocycles. The average molecular weight is 720 g/mol. The number of pyridine rings is 1. The molecule has 0 aliphatic heterocycles. The van der Waals surface area contributed by atoms with Crippen LogP contribution in [0.25, 0.3) is 21.7 Å². The standard InChI is InChI=1S/C32H31ClN6O3S2.C3H7NO/c1-4-39(5-2)30-26(16-34)29(21-8-12-25(13-9-21)41-14-15-42-28(40)18-36-3)27(17-35)32(38-30)44-20-24-19-43-31(37-24)22-6-10-23(33)11-7-22;1-3(4)2-5/h6-13,19,36H,4-5,14-15,18,20H2,1-3H3;2-3H,4H2,1H3/t;3-/m.0/s1. The molecule has 0 bridgehead atoms. The molecule has 4 aromatic rings. The number of likely N-dealkylation sites (N-methyl/N-ethyl adjacent to an activating group) is 1. The Morgan fingerprint density at radius 3 is 2.27 bits per heavy atom. The van der Waals surface area contributed by atoms with Crippen LogP contribution in [0.5, 0.6) is 5.75 Å². The lowest BCUT2D eigenvalue weighted by Crippen LogP contribution is -2.25. The molecule has 0 unspecified atom stereocenters. The predicted molar refractivity (Wildman–Crippen MR) is 195 cm³/mol. The Morgan fingerprint density at radius 2 is 1.69 bits per heavy atom. The van der Waals surface area contributed by atoms with Gasteiger partial charge in [0.2, 0.25) is 0 Å². The van der Waals surface area contributed by atoms with Gasteiger partial charge in [-0.2, -0.15) is 10.5 Å². The van der Waals surface area contributed by atoms with Gasteiger partial charge < -0.3 is 30.2 Å². The minimum absolute atomic E-state index is 0.123. The normalized spacial score (nSPS) is 10.9. The Balaban J connectivity index is 0.00000121. The molecule has 1 atom stereocenters. The van der Waals surface area contributed by atoms with Gasteiger partial charge in [-0.3, -0.25) is 4.79 Å². The summed E-state index contributed by atoms with van der Waals surface area (Å²) in [6.07, 6.45) is 0.694. The zero-order chi connectivity index (χ0) is 35.8. The number of ether oxygens (including phenoxy) is 2. The number of aldehydes is 1. The van der Waals surface area contributed by atoms with E-state index < -0.39 is 0 Å². The number of esters is 1. The van der Waals surface area contributed by atoms with Gasteiger partial charge in [-0.05, 0) is 57.6 Å². The molecule has 14 heteroatoms. The van der Waals surface area contributed by atoms with Crippen LogP contribution in [0.3, 0.4) is 0 Å². The fourth-order valence-corrected chi connectivity index (χ4v) is 6.31. The van der Waals surface area contributed by atoms with Gasteiger partial charge in [-0.25, -0.2) is 9.97 Å². The van der Waals surface area contributed by atoms with E-state index in [1.807, 2.05) is 60.5 Å². The van der Waals surface area contributed by atoms with Gasteiger partial charge >= 0.3 is 5.97 Å². The molecule has 0 aliphatic rings. The first-order chi connectivity index (χ1) is 23.7. The Hall–Kier alpha value is -4.50. The van der Waals surface area contributed by atoms with E-state index in [2.05, 4.69) is 17.5 Å². The molecule has 0 saturated carbocycles. The van der Waals surface area contributed by atoms with E-state index in [9.17, 15) is 20.1 Å². The van der Waals surface area contributed by atoms with Gasteiger partial charge in [0.05, 0.1) is 23.8 Å². The van der Waals surface area contributed by atoms with E-state index in [4.69, 9.17) is 36.8 Å². The largest absolute Gasteiger partial charge is 0.490 e. The van der Waals surface area contributed by atoms with Gasteiger partial charge in [0.15, 0.2) is 0 Å². The summed E-state index contributed by atoms with van der Waals surface area (Å²) < 4.78 is 10.8. The lowest BCUT2D eigenvalue weighted by Gasteiger charge is -2.24. The number of nitrogens with two attached hydrogens (primary N) is 1. The van der Waals surface area contributed by atoms with Gasteiger partial charge in [0, 0.05) is 40.4 Å². The zero-order valence-electron chi connectivity index (χ0n) is 27.7. The second kappa shape index (κ2) is 20.1. The predicted octanol–water partition coefficient (Wildman–Crippen LogP) is 6.08. The van der Waals surface area contributed by atoms with Crippen molar-refractivity contribution in [2.24, 2.45) is 5.73 Å². The Kier molecular flexibility index (Phi) is 16.0. The number of carbonyl (C=O) groups excluding carboxylic acids is 2. The maximum absolute atomic E-state index is 11.5. The quantitative estimate of drug-likeness (QED) is 0.0630. The Bertz CT molecular complexity index is 1760. The molecule has 2 heterocycles. The highest BCUT2D eigenvalue weighted by molar-refractivity contribution is 7.98. The molecule has 2 aromatic carbocycles. The van der Waals surface area contributed by atoms with Crippen molar-refractivity contribution < 1.29 is 19.1 Å². The third-order valence-electron chi connectivity index (χ3n) is 6.73. The topological polar surface area (TPSA) is 167 Å². The third kappa shape index (κ3) is 11.3. The van der Waals surface area contributed by atoms with Crippen molar-refractivity contribution in [1.82, 2.24) is 15.3 Å². The van der Waals surface area contributed by atoms with Crippen LogP contribution in [0.4, 0.5) is 5.82 Å². The fourth-order valence-electron chi connectivity index (χ4n) is 4.38. The first-order valence-corrected chi connectivity index (χ1v) is 17.6. The molecule has 0 fully saturated rings. The summed E-state index contributed by atoms with van der Waals surface area (Å²) in [5.74, 6) is 1.26. The minimum Gasteiger partial charge on any atom is -0.490 e. The number of nitrogens with zero attached hydrogens (tertiary/aromatic N) is 5. The van der Waals surface area contributed by atoms with Gasteiger partial charge in [-0.15, -0.1) is 11.3 Å². The number of thiazole rings is 1. The number of nitrogens with one attached hydrogen (secondary N) is 1. The molecular formula is C35H38ClN7O4S2. The molecular weight excluding hydrogens is 682 g/mol. The van der Waals surface area contributed by atoms with Crippen LogP contribution < -0.4 is 20.7 Å². The summed E-state index contributed by atoms with van der Waals surface area (Å²) in [4.78, 5) is 32.5. The highest BCUT2D eigenvalue weighted by Gasteiger charge is 2.24. The van der Waals surface area contributed by atoms with Crippen LogP contribution in [-0.2, 0) is 20.1 Å². The van der Waals surface area contributed by atoms with Crippen molar-refractivity contribution in [3.8, 4) is 39.6 Å². The van der Waals surface area contributed by atoms with Crippen LogP contribution in [-0.4, -0.2) is 68.2 Å². The van der Waals surface area contributed by atoms with E-state index >= 15 is 0 Å². The summed E-state index contributed by atoms with van der Waals surface area (Å²) in [7, 11) is 1.67. The molecule has 3 N–H and O–H groups in total. The Morgan fingerprint density at radius 1 is 1.06 bits per heavy atom. The van der Waals surface area contributed by atoms with Crippen molar-refractivity contribution in [3.63, 3.8) is 0 Å². The number of nitriles is 2. The number of halogens is 1. The first kappa shape index (κ1) is 38.9. The van der Waals surface area contributed by atoms with Crippen molar-refractivity contribution in [3.05, 3.63) is 75.8 Å². The summed E-state index contributed by atoms with van der Waals surface area (Å²) in [6.45, 7) is 7.39. The van der Waals surface area contributed by atoms with Gasteiger partial charge in [-0.1, -0.05) is 47.6 Å². The highest BCUT2D eigenvalue weighted by Crippen LogP contribution is 2.39. The fraction of sp³-hybridized carbons (Fsp3) is 0.314.